The highest BCUT2D eigenvalue weighted by Crippen LogP contribution is 2.35. The largest absolute Gasteiger partial charge is 0.484 e. The van der Waals surface area contributed by atoms with Gasteiger partial charge in [-0.25, -0.2) is 0 Å². The number of benzene rings is 2. The van der Waals surface area contributed by atoms with Crippen LogP contribution in [0.25, 0.3) is 0 Å². The number of carbonyl (C=O) groups excluding carboxylic acids is 2. The number of hydrogen-bond donors (Lipinski definition) is 1. The highest BCUT2D eigenvalue weighted by atomic mass is 16.5. The Balaban J connectivity index is 1.65. The first kappa shape index (κ1) is 16.8. The van der Waals surface area contributed by atoms with Gasteiger partial charge in [-0.1, -0.05) is 12.1 Å². The molecule has 0 fully saturated rings. The number of fused-ring (bicyclic) bond motifs is 1. The van der Waals surface area contributed by atoms with Gasteiger partial charge >= 0.3 is 0 Å². The number of carbonyl (C=O) groups is 2. The lowest BCUT2D eigenvalue weighted by Crippen LogP contribution is -2.42. The summed E-state index contributed by atoms with van der Waals surface area (Å²) in [6.45, 7) is 3.57. The zero-order valence-electron chi connectivity index (χ0n) is 14.4. The fourth-order valence-electron chi connectivity index (χ4n) is 2.64. The first-order valence-electron chi connectivity index (χ1n) is 8.01. The number of nitrogens with zero attached hydrogens (tertiary/aromatic N) is 1. The third-order valence-electron chi connectivity index (χ3n) is 3.95. The molecular weight excluding hydrogens is 320 g/mol. The van der Waals surface area contributed by atoms with Gasteiger partial charge in [0.05, 0.1) is 5.69 Å². The van der Waals surface area contributed by atoms with Crippen LogP contribution in [0, 0.1) is 6.92 Å². The van der Waals surface area contributed by atoms with E-state index in [1.807, 2.05) is 25.1 Å². The van der Waals surface area contributed by atoms with Crippen LogP contribution in [0.1, 0.15) is 12.5 Å². The van der Waals surface area contributed by atoms with E-state index in [-0.39, 0.29) is 18.4 Å². The summed E-state index contributed by atoms with van der Waals surface area (Å²) in [5, 5.41) is 2.77. The molecule has 0 bridgehead atoms. The second kappa shape index (κ2) is 6.84. The van der Waals surface area contributed by atoms with E-state index >= 15 is 0 Å². The van der Waals surface area contributed by atoms with Crippen molar-refractivity contribution in [1.29, 1.82) is 0 Å². The predicted molar refractivity (Wildman–Crippen MR) is 95.2 cm³/mol. The molecule has 1 unspecified atom stereocenters. The third-order valence-corrected chi connectivity index (χ3v) is 3.95. The lowest BCUT2D eigenvalue weighted by molar-refractivity contribution is -0.125. The van der Waals surface area contributed by atoms with E-state index in [0.29, 0.717) is 22.9 Å². The fraction of sp³-hybridized carbons (Fsp3) is 0.263. The lowest BCUT2D eigenvalue weighted by Gasteiger charge is -2.30. The van der Waals surface area contributed by atoms with E-state index < -0.39 is 6.10 Å². The highest BCUT2D eigenvalue weighted by molar-refractivity contribution is 6.00. The number of nitrogens with one attached hydrogen (secondary N) is 1. The average molecular weight is 340 g/mol. The van der Waals surface area contributed by atoms with Crippen LogP contribution < -0.4 is 19.7 Å². The quantitative estimate of drug-likeness (QED) is 0.929. The van der Waals surface area contributed by atoms with Crippen LogP contribution in [-0.2, 0) is 9.59 Å². The van der Waals surface area contributed by atoms with Crippen molar-refractivity contribution < 1.29 is 19.1 Å². The van der Waals surface area contributed by atoms with Crippen molar-refractivity contribution in [2.45, 2.75) is 20.0 Å². The zero-order chi connectivity index (χ0) is 18.0. The number of aryl methyl sites for hydroxylation is 1. The van der Waals surface area contributed by atoms with Crippen LogP contribution >= 0.6 is 0 Å². The summed E-state index contributed by atoms with van der Waals surface area (Å²) in [5.74, 6) is 0.858. The summed E-state index contributed by atoms with van der Waals surface area (Å²) < 4.78 is 11.0. The van der Waals surface area contributed by atoms with Gasteiger partial charge in [-0.2, -0.15) is 0 Å². The fourth-order valence-corrected chi connectivity index (χ4v) is 2.64. The van der Waals surface area contributed by atoms with Gasteiger partial charge in [-0.05, 0) is 49.7 Å². The maximum atomic E-state index is 12.1. The lowest BCUT2D eigenvalue weighted by atomic mass is 10.2. The molecule has 2 aromatic rings. The molecule has 6 heteroatoms. The van der Waals surface area contributed by atoms with Gasteiger partial charge < -0.3 is 19.7 Å². The number of ether oxygens (including phenoxy) is 2. The summed E-state index contributed by atoms with van der Waals surface area (Å²) >= 11 is 0. The Morgan fingerprint density at radius 1 is 1.28 bits per heavy atom. The van der Waals surface area contributed by atoms with E-state index in [9.17, 15) is 9.59 Å². The third kappa shape index (κ3) is 3.74. The van der Waals surface area contributed by atoms with Crippen LogP contribution in [0.4, 0.5) is 11.4 Å². The standard InChI is InChI=1S/C19H20N2O4/c1-12-5-4-6-15(9-12)24-11-18(22)20-14-7-8-17-16(10-14)21(3)19(23)13(2)25-17/h4-10,13H,11H2,1-3H3,(H,20,22). The van der Waals surface area contributed by atoms with E-state index in [1.165, 1.54) is 4.90 Å². The maximum Gasteiger partial charge on any atom is 0.267 e. The Morgan fingerprint density at radius 2 is 2.08 bits per heavy atom. The Kier molecular flexibility index (Phi) is 4.61. The minimum Gasteiger partial charge on any atom is -0.484 e. The predicted octanol–water partition coefficient (Wildman–Crippen LogP) is 2.76. The van der Waals surface area contributed by atoms with Crippen molar-refractivity contribution in [2.75, 3.05) is 23.9 Å². The van der Waals surface area contributed by atoms with Gasteiger partial charge in [0.15, 0.2) is 12.7 Å². The summed E-state index contributed by atoms with van der Waals surface area (Å²) in [6.07, 6.45) is -0.513. The molecule has 130 valence electrons. The van der Waals surface area contributed by atoms with Gasteiger partial charge in [-0.3, -0.25) is 9.59 Å². The Bertz CT molecular complexity index is 819. The topological polar surface area (TPSA) is 67.9 Å². The van der Waals surface area contributed by atoms with Crippen molar-refractivity contribution in [3.63, 3.8) is 0 Å². The molecule has 6 nitrogen and oxygen atoms in total. The number of amides is 2. The molecule has 1 aliphatic heterocycles. The van der Waals surface area contributed by atoms with Crippen LogP contribution in [0.15, 0.2) is 42.5 Å². The van der Waals surface area contributed by atoms with Crippen molar-refractivity contribution >= 4 is 23.2 Å². The van der Waals surface area contributed by atoms with Crippen molar-refractivity contribution in [1.82, 2.24) is 0 Å². The molecule has 0 saturated heterocycles. The maximum absolute atomic E-state index is 12.1. The van der Waals surface area contributed by atoms with E-state index in [0.717, 1.165) is 5.56 Å². The van der Waals surface area contributed by atoms with Crippen molar-refractivity contribution in [3.05, 3.63) is 48.0 Å². The van der Waals surface area contributed by atoms with Crippen LogP contribution in [-0.4, -0.2) is 31.6 Å². The number of hydrogen-bond acceptors (Lipinski definition) is 4. The summed E-state index contributed by atoms with van der Waals surface area (Å²) in [7, 11) is 1.69. The van der Waals surface area contributed by atoms with Crippen molar-refractivity contribution in [2.24, 2.45) is 0 Å². The smallest absolute Gasteiger partial charge is 0.267 e. The van der Waals surface area contributed by atoms with Crippen LogP contribution in [0.3, 0.4) is 0 Å². The zero-order valence-corrected chi connectivity index (χ0v) is 14.4. The minimum atomic E-state index is -0.513. The first-order chi connectivity index (χ1) is 11.9. The Morgan fingerprint density at radius 3 is 2.84 bits per heavy atom. The number of anilines is 2. The molecule has 2 amide bonds. The minimum absolute atomic E-state index is 0.0944. The second-order valence-electron chi connectivity index (χ2n) is 5.99. The molecule has 1 aliphatic rings. The molecule has 25 heavy (non-hydrogen) atoms. The van der Waals surface area contributed by atoms with Gasteiger partial charge in [-0.15, -0.1) is 0 Å². The van der Waals surface area contributed by atoms with Crippen LogP contribution in [0.5, 0.6) is 11.5 Å². The summed E-state index contributed by atoms with van der Waals surface area (Å²) in [6, 6.07) is 12.7. The summed E-state index contributed by atoms with van der Waals surface area (Å²) in [4.78, 5) is 25.6. The average Bonchev–Trinajstić information content (AvgIpc) is 2.59. The second-order valence-corrected chi connectivity index (χ2v) is 5.99. The molecule has 0 radical (unpaired) electrons. The number of likely N-dealkylation sites (N-methyl/N-ethyl adjacent to an activating group) is 1. The molecule has 0 saturated carbocycles. The summed E-state index contributed by atoms with van der Waals surface area (Å²) in [5.41, 5.74) is 2.27. The molecule has 0 aliphatic carbocycles. The molecule has 1 atom stereocenters. The highest BCUT2D eigenvalue weighted by Gasteiger charge is 2.29. The molecule has 0 spiro atoms. The number of rotatable bonds is 4. The molecule has 1 heterocycles. The van der Waals surface area contributed by atoms with E-state index in [4.69, 9.17) is 9.47 Å². The van der Waals surface area contributed by atoms with Gasteiger partial charge in [0.25, 0.3) is 11.8 Å². The first-order valence-corrected chi connectivity index (χ1v) is 8.01. The van der Waals surface area contributed by atoms with Gasteiger partial charge in [0.1, 0.15) is 11.5 Å². The Labute approximate surface area is 146 Å². The van der Waals surface area contributed by atoms with E-state index in [2.05, 4.69) is 5.32 Å². The van der Waals surface area contributed by atoms with Gasteiger partial charge in [0, 0.05) is 12.7 Å². The van der Waals surface area contributed by atoms with Gasteiger partial charge in [0.2, 0.25) is 0 Å². The SMILES string of the molecule is Cc1cccc(OCC(=O)Nc2ccc3c(c2)N(C)C(=O)C(C)O3)c1. The molecule has 1 N–H and O–H groups in total. The molecule has 3 rings (SSSR count). The Hall–Kier alpha value is -3.02. The monoisotopic (exact) mass is 340 g/mol. The van der Waals surface area contributed by atoms with Crippen molar-refractivity contribution in [3.8, 4) is 11.5 Å². The van der Waals surface area contributed by atoms with E-state index in [1.54, 1.807) is 38.2 Å². The van der Waals surface area contributed by atoms with Crippen LogP contribution in [0.2, 0.25) is 0 Å². The normalized spacial score (nSPS) is 16.0. The molecule has 2 aromatic carbocycles. The molecular formula is C19H20N2O4. The molecule has 0 aromatic heterocycles.